The van der Waals surface area contributed by atoms with E-state index in [1.54, 1.807) is 0 Å². The maximum Gasteiger partial charge on any atom is 0.315 e. The summed E-state index contributed by atoms with van der Waals surface area (Å²) in [4.78, 5) is 12.9. The number of hydrogen-bond donors (Lipinski definition) is 2. The zero-order valence-corrected chi connectivity index (χ0v) is 12.1. The molecule has 1 saturated carbocycles. The minimum Gasteiger partial charge on any atom is -0.335 e. The quantitative estimate of drug-likeness (QED) is 0.863. The Bertz CT molecular complexity index is 401. The van der Waals surface area contributed by atoms with Gasteiger partial charge >= 0.3 is 6.03 Å². The van der Waals surface area contributed by atoms with E-state index in [0.29, 0.717) is 6.04 Å². The van der Waals surface area contributed by atoms with E-state index in [1.807, 2.05) is 19.1 Å². The summed E-state index contributed by atoms with van der Waals surface area (Å²) in [5, 5.41) is 6.01. The molecule has 0 bridgehead atoms. The summed E-state index contributed by atoms with van der Waals surface area (Å²) in [5.74, 6) is 0. The third-order valence-corrected chi connectivity index (χ3v) is 4.72. The molecule has 0 radical (unpaired) electrons. The molecule has 1 aromatic heterocycles. The predicted octanol–water partition coefficient (Wildman–Crippen LogP) is 4.09. The third-order valence-electron chi connectivity index (χ3n) is 3.31. The fraction of sp³-hybridized carbons (Fsp3) is 0.615. The molecule has 2 N–H and O–H groups in total. The van der Waals surface area contributed by atoms with Crippen LogP contribution in [-0.2, 0) is 0 Å². The van der Waals surface area contributed by atoms with Crippen molar-refractivity contribution in [3.05, 3.63) is 21.3 Å². The molecule has 2 amide bonds. The maximum absolute atomic E-state index is 11.9. The lowest BCUT2D eigenvalue weighted by atomic mass is 9.96. The Balaban J connectivity index is 1.79. The summed E-state index contributed by atoms with van der Waals surface area (Å²) in [6.07, 6.45) is 5.95. The summed E-state index contributed by atoms with van der Waals surface area (Å²) in [5.41, 5.74) is 0. The van der Waals surface area contributed by atoms with E-state index in [0.717, 1.165) is 22.1 Å². The van der Waals surface area contributed by atoms with E-state index in [4.69, 9.17) is 11.6 Å². The molecule has 0 unspecified atom stereocenters. The van der Waals surface area contributed by atoms with Crippen LogP contribution >= 0.6 is 22.9 Å². The Morgan fingerprint density at radius 2 is 2.11 bits per heavy atom. The fourth-order valence-electron chi connectivity index (χ4n) is 2.30. The summed E-state index contributed by atoms with van der Waals surface area (Å²) in [7, 11) is 0. The van der Waals surface area contributed by atoms with Gasteiger partial charge in [-0.15, -0.1) is 11.3 Å². The molecule has 100 valence electrons. The zero-order chi connectivity index (χ0) is 13.0. The number of amides is 2. The van der Waals surface area contributed by atoms with Gasteiger partial charge in [0, 0.05) is 10.9 Å². The first kappa shape index (κ1) is 13.7. The lowest BCUT2D eigenvalue weighted by Gasteiger charge is -2.24. The van der Waals surface area contributed by atoms with Crippen LogP contribution in [0, 0.1) is 0 Å². The highest BCUT2D eigenvalue weighted by atomic mass is 35.5. The second-order valence-corrected chi connectivity index (χ2v) is 6.56. The molecule has 1 aromatic rings. The van der Waals surface area contributed by atoms with Gasteiger partial charge in [-0.1, -0.05) is 30.9 Å². The van der Waals surface area contributed by atoms with Gasteiger partial charge in [-0.2, -0.15) is 0 Å². The van der Waals surface area contributed by atoms with Crippen molar-refractivity contribution < 1.29 is 4.79 Å². The van der Waals surface area contributed by atoms with Crippen LogP contribution in [0.15, 0.2) is 12.1 Å². The van der Waals surface area contributed by atoms with Crippen LogP contribution in [0.25, 0.3) is 0 Å². The van der Waals surface area contributed by atoms with Crippen molar-refractivity contribution in [3.63, 3.8) is 0 Å². The van der Waals surface area contributed by atoms with Gasteiger partial charge in [0.1, 0.15) is 0 Å². The van der Waals surface area contributed by atoms with Crippen molar-refractivity contribution in [2.75, 3.05) is 0 Å². The molecule has 1 aliphatic rings. The number of carbonyl (C=O) groups excluding carboxylic acids is 1. The Kier molecular flexibility index (Phi) is 4.89. The van der Waals surface area contributed by atoms with Gasteiger partial charge in [0.2, 0.25) is 0 Å². The van der Waals surface area contributed by atoms with Crippen molar-refractivity contribution in [2.24, 2.45) is 0 Å². The lowest BCUT2D eigenvalue weighted by molar-refractivity contribution is 0.230. The average Bonchev–Trinajstić information content (AvgIpc) is 2.77. The smallest absolute Gasteiger partial charge is 0.315 e. The second kappa shape index (κ2) is 6.43. The van der Waals surface area contributed by atoms with E-state index in [1.165, 1.54) is 30.6 Å². The highest BCUT2D eigenvalue weighted by molar-refractivity contribution is 7.16. The fourth-order valence-corrected chi connectivity index (χ4v) is 3.37. The van der Waals surface area contributed by atoms with E-state index < -0.39 is 0 Å². The van der Waals surface area contributed by atoms with Crippen molar-refractivity contribution in [3.8, 4) is 0 Å². The summed E-state index contributed by atoms with van der Waals surface area (Å²) in [6, 6.07) is 4.10. The minimum atomic E-state index is -0.0704. The number of rotatable bonds is 3. The Hall–Kier alpha value is -0.740. The van der Waals surface area contributed by atoms with Gasteiger partial charge in [0.15, 0.2) is 0 Å². The van der Waals surface area contributed by atoms with Crippen LogP contribution < -0.4 is 10.6 Å². The molecule has 1 fully saturated rings. The Morgan fingerprint density at radius 1 is 1.39 bits per heavy atom. The summed E-state index contributed by atoms with van der Waals surface area (Å²) in [6.45, 7) is 1.97. The third kappa shape index (κ3) is 3.89. The van der Waals surface area contributed by atoms with Crippen LogP contribution in [0.2, 0.25) is 4.34 Å². The SMILES string of the molecule is C[C@@H](NC(=O)NC1CCCCC1)c1ccc(Cl)s1. The first-order valence-electron chi connectivity index (χ1n) is 6.47. The number of thiophene rings is 1. The van der Waals surface area contributed by atoms with Crippen molar-refractivity contribution in [1.29, 1.82) is 0 Å². The van der Waals surface area contributed by atoms with Crippen molar-refractivity contribution in [2.45, 2.75) is 51.1 Å². The molecule has 0 aromatic carbocycles. The van der Waals surface area contributed by atoms with Crippen molar-refractivity contribution >= 4 is 29.0 Å². The van der Waals surface area contributed by atoms with E-state index in [9.17, 15) is 4.79 Å². The van der Waals surface area contributed by atoms with Crippen LogP contribution in [0.4, 0.5) is 4.79 Å². The molecular weight excluding hydrogens is 268 g/mol. The normalized spacial score (nSPS) is 18.3. The van der Waals surface area contributed by atoms with E-state index in [-0.39, 0.29) is 12.1 Å². The summed E-state index contributed by atoms with van der Waals surface area (Å²) < 4.78 is 0.756. The lowest BCUT2D eigenvalue weighted by Crippen LogP contribution is -2.43. The Labute approximate surface area is 117 Å². The number of hydrogen-bond acceptors (Lipinski definition) is 2. The highest BCUT2D eigenvalue weighted by Gasteiger charge is 2.17. The van der Waals surface area contributed by atoms with Crippen LogP contribution in [0.3, 0.4) is 0 Å². The molecule has 18 heavy (non-hydrogen) atoms. The summed E-state index contributed by atoms with van der Waals surface area (Å²) >= 11 is 7.39. The van der Waals surface area contributed by atoms with E-state index in [2.05, 4.69) is 10.6 Å². The molecule has 0 saturated heterocycles. The first-order valence-corrected chi connectivity index (χ1v) is 7.67. The molecule has 3 nitrogen and oxygen atoms in total. The number of halogens is 1. The Morgan fingerprint density at radius 3 is 2.72 bits per heavy atom. The molecule has 0 spiro atoms. The molecule has 1 heterocycles. The number of nitrogens with one attached hydrogen (secondary N) is 2. The maximum atomic E-state index is 11.9. The average molecular weight is 287 g/mol. The van der Waals surface area contributed by atoms with Gasteiger partial charge in [-0.3, -0.25) is 0 Å². The van der Waals surface area contributed by atoms with E-state index >= 15 is 0 Å². The molecule has 1 atom stereocenters. The topological polar surface area (TPSA) is 41.1 Å². The highest BCUT2D eigenvalue weighted by Crippen LogP contribution is 2.26. The predicted molar refractivity (Wildman–Crippen MR) is 76.3 cm³/mol. The van der Waals surface area contributed by atoms with Gasteiger partial charge in [0.25, 0.3) is 0 Å². The van der Waals surface area contributed by atoms with Gasteiger partial charge in [-0.25, -0.2) is 4.79 Å². The first-order chi connectivity index (χ1) is 8.65. The van der Waals surface area contributed by atoms with Gasteiger partial charge in [0.05, 0.1) is 10.4 Å². The largest absolute Gasteiger partial charge is 0.335 e. The molecule has 5 heteroatoms. The molecule has 2 rings (SSSR count). The van der Waals surface area contributed by atoms with Gasteiger partial charge in [-0.05, 0) is 31.9 Å². The van der Waals surface area contributed by atoms with Crippen molar-refractivity contribution in [1.82, 2.24) is 10.6 Å². The zero-order valence-electron chi connectivity index (χ0n) is 10.5. The second-order valence-electron chi connectivity index (χ2n) is 4.82. The minimum absolute atomic E-state index is 0.00564. The van der Waals surface area contributed by atoms with Crippen LogP contribution in [0.5, 0.6) is 0 Å². The standard InChI is InChI=1S/C13H19ClN2OS/c1-9(11-7-8-12(14)18-11)15-13(17)16-10-5-3-2-4-6-10/h7-10H,2-6H2,1H3,(H2,15,16,17)/t9-/m1/s1. The number of urea groups is 1. The van der Waals surface area contributed by atoms with Crippen LogP contribution in [-0.4, -0.2) is 12.1 Å². The molecule has 0 aliphatic heterocycles. The number of carbonyl (C=O) groups is 1. The molecular formula is C13H19ClN2OS. The molecule has 1 aliphatic carbocycles. The van der Waals surface area contributed by atoms with Crippen LogP contribution in [0.1, 0.15) is 49.9 Å². The monoisotopic (exact) mass is 286 g/mol. The van der Waals surface area contributed by atoms with Gasteiger partial charge < -0.3 is 10.6 Å².